The van der Waals surface area contributed by atoms with E-state index in [2.05, 4.69) is 28.6 Å². The maximum atomic E-state index is 4.28. The summed E-state index contributed by atoms with van der Waals surface area (Å²) < 4.78 is 2.23. The Morgan fingerprint density at radius 3 is 3.00 bits per heavy atom. The highest BCUT2D eigenvalue weighted by Crippen LogP contribution is 2.38. The predicted molar refractivity (Wildman–Crippen MR) is 56.1 cm³/mol. The predicted octanol–water partition coefficient (Wildman–Crippen LogP) is 2.59. The largest absolute Gasteiger partial charge is 0.317 e. The maximum absolute atomic E-state index is 4.28. The highest BCUT2D eigenvalue weighted by atomic mass is 15.3. The summed E-state index contributed by atoms with van der Waals surface area (Å²) in [7, 11) is 0. The van der Waals surface area contributed by atoms with Crippen LogP contribution in [-0.4, -0.2) is 14.8 Å². The third-order valence-electron chi connectivity index (χ3n) is 3.30. The Bertz CT molecular complexity index is 292. The third kappa shape index (κ3) is 1.68. The molecule has 3 heteroatoms. The van der Waals surface area contributed by atoms with E-state index in [9.17, 15) is 0 Å². The second-order valence-corrected chi connectivity index (χ2v) is 4.40. The normalized spacial score (nSPS) is 27.0. The molecule has 1 aliphatic carbocycles. The SMILES string of the molecule is CCCn1cnnc1C1CCCC1C. The van der Waals surface area contributed by atoms with E-state index in [4.69, 9.17) is 0 Å². The molecular formula is C11H19N3. The average molecular weight is 193 g/mol. The monoisotopic (exact) mass is 193 g/mol. The van der Waals surface area contributed by atoms with E-state index >= 15 is 0 Å². The number of hydrogen-bond acceptors (Lipinski definition) is 2. The smallest absolute Gasteiger partial charge is 0.136 e. The van der Waals surface area contributed by atoms with Crippen LogP contribution in [0, 0.1) is 5.92 Å². The van der Waals surface area contributed by atoms with E-state index < -0.39 is 0 Å². The van der Waals surface area contributed by atoms with Gasteiger partial charge in [-0.1, -0.05) is 20.3 Å². The van der Waals surface area contributed by atoms with Crippen LogP contribution < -0.4 is 0 Å². The lowest BCUT2D eigenvalue weighted by molar-refractivity contribution is 0.480. The van der Waals surface area contributed by atoms with Crippen molar-refractivity contribution in [3.05, 3.63) is 12.2 Å². The molecule has 0 aromatic carbocycles. The van der Waals surface area contributed by atoms with Crippen molar-refractivity contribution < 1.29 is 0 Å². The Labute approximate surface area is 85.5 Å². The standard InChI is InChI=1S/C11H19N3/c1-3-7-14-8-12-13-11(14)10-6-4-5-9(10)2/h8-10H,3-7H2,1-2H3. The van der Waals surface area contributed by atoms with Crippen LogP contribution in [0.15, 0.2) is 6.33 Å². The molecule has 2 rings (SSSR count). The quantitative estimate of drug-likeness (QED) is 0.738. The van der Waals surface area contributed by atoms with Gasteiger partial charge in [0, 0.05) is 12.5 Å². The lowest BCUT2D eigenvalue weighted by atomic mass is 9.97. The molecule has 1 fully saturated rings. The summed E-state index contributed by atoms with van der Waals surface area (Å²) in [6, 6.07) is 0. The minimum atomic E-state index is 0.657. The van der Waals surface area contributed by atoms with E-state index in [0.717, 1.165) is 18.9 Å². The second-order valence-electron chi connectivity index (χ2n) is 4.40. The molecule has 0 saturated heterocycles. The van der Waals surface area contributed by atoms with E-state index in [1.165, 1.54) is 25.1 Å². The van der Waals surface area contributed by atoms with Gasteiger partial charge >= 0.3 is 0 Å². The first kappa shape index (κ1) is 9.69. The maximum Gasteiger partial charge on any atom is 0.136 e. The van der Waals surface area contributed by atoms with E-state index in [1.807, 2.05) is 6.33 Å². The lowest BCUT2D eigenvalue weighted by Crippen LogP contribution is -2.10. The van der Waals surface area contributed by atoms with Crippen LogP contribution in [0.3, 0.4) is 0 Å². The molecule has 0 aliphatic heterocycles. The van der Waals surface area contributed by atoms with Crippen LogP contribution in [0.4, 0.5) is 0 Å². The zero-order valence-corrected chi connectivity index (χ0v) is 9.11. The van der Waals surface area contributed by atoms with Crippen molar-refractivity contribution in [3.63, 3.8) is 0 Å². The zero-order chi connectivity index (χ0) is 9.97. The van der Waals surface area contributed by atoms with Gasteiger partial charge in [0.2, 0.25) is 0 Å². The number of hydrogen-bond donors (Lipinski definition) is 0. The Morgan fingerprint density at radius 1 is 1.50 bits per heavy atom. The molecular weight excluding hydrogens is 174 g/mol. The number of nitrogens with zero attached hydrogens (tertiary/aromatic N) is 3. The summed E-state index contributed by atoms with van der Waals surface area (Å²) in [6.07, 6.45) is 7.04. The minimum Gasteiger partial charge on any atom is -0.317 e. The molecule has 1 aromatic heterocycles. The van der Waals surface area contributed by atoms with Gasteiger partial charge in [-0.05, 0) is 25.2 Å². The third-order valence-corrected chi connectivity index (χ3v) is 3.30. The summed E-state index contributed by atoms with van der Waals surface area (Å²) in [4.78, 5) is 0. The lowest BCUT2D eigenvalue weighted by Gasteiger charge is -2.15. The fraction of sp³-hybridized carbons (Fsp3) is 0.818. The first-order chi connectivity index (χ1) is 6.83. The Hall–Kier alpha value is -0.860. The molecule has 1 heterocycles. The molecule has 2 atom stereocenters. The second kappa shape index (κ2) is 4.11. The molecule has 1 aromatic rings. The van der Waals surface area contributed by atoms with E-state index in [-0.39, 0.29) is 0 Å². The van der Waals surface area contributed by atoms with Crippen LogP contribution in [0.2, 0.25) is 0 Å². The number of rotatable bonds is 3. The van der Waals surface area contributed by atoms with Crippen LogP contribution >= 0.6 is 0 Å². The molecule has 14 heavy (non-hydrogen) atoms. The van der Waals surface area contributed by atoms with E-state index in [1.54, 1.807) is 0 Å². The molecule has 1 aliphatic rings. The van der Waals surface area contributed by atoms with Gasteiger partial charge < -0.3 is 4.57 Å². The van der Waals surface area contributed by atoms with Crippen molar-refractivity contribution in [2.75, 3.05) is 0 Å². The molecule has 0 N–H and O–H groups in total. The molecule has 2 unspecified atom stereocenters. The van der Waals surface area contributed by atoms with Gasteiger partial charge in [-0.15, -0.1) is 10.2 Å². The highest BCUT2D eigenvalue weighted by molar-refractivity contribution is 5.01. The highest BCUT2D eigenvalue weighted by Gasteiger charge is 2.28. The van der Waals surface area contributed by atoms with Crippen molar-refractivity contribution in [2.24, 2.45) is 5.92 Å². The topological polar surface area (TPSA) is 30.7 Å². The van der Waals surface area contributed by atoms with Gasteiger partial charge in [0.1, 0.15) is 12.2 Å². The first-order valence-corrected chi connectivity index (χ1v) is 5.70. The van der Waals surface area contributed by atoms with Crippen molar-refractivity contribution >= 4 is 0 Å². The van der Waals surface area contributed by atoms with Crippen LogP contribution in [0.1, 0.15) is 51.3 Å². The number of aryl methyl sites for hydroxylation is 1. The van der Waals surface area contributed by atoms with Crippen LogP contribution in [0.25, 0.3) is 0 Å². The molecule has 0 amide bonds. The van der Waals surface area contributed by atoms with Gasteiger partial charge in [-0.3, -0.25) is 0 Å². The number of aromatic nitrogens is 3. The fourth-order valence-corrected chi connectivity index (χ4v) is 2.49. The summed E-state index contributed by atoms with van der Waals surface area (Å²) >= 11 is 0. The summed E-state index contributed by atoms with van der Waals surface area (Å²) in [5.41, 5.74) is 0. The van der Waals surface area contributed by atoms with Crippen molar-refractivity contribution in [1.29, 1.82) is 0 Å². The summed E-state index contributed by atoms with van der Waals surface area (Å²) in [5.74, 6) is 2.66. The van der Waals surface area contributed by atoms with Crippen molar-refractivity contribution in [3.8, 4) is 0 Å². The van der Waals surface area contributed by atoms with Gasteiger partial charge in [-0.25, -0.2) is 0 Å². The Balaban J connectivity index is 2.17. The molecule has 0 bridgehead atoms. The van der Waals surface area contributed by atoms with Gasteiger partial charge in [-0.2, -0.15) is 0 Å². The van der Waals surface area contributed by atoms with E-state index in [0.29, 0.717) is 5.92 Å². The molecule has 1 saturated carbocycles. The van der Waals surface area contributed by atoms with Crippen molar-refractivity contribution in [1.82, 2.24) is 14.8 Å². The Morgan fingerprint density at radius 2 is 2.36 bits per heavy atom. The summed E-state index contributed by atoms with van der Waals surface area (Å²) in [5, 5.41) is 8.31. The van der Waals surface area contributed by atoms with Crippen LogP contribution in [0.5, 0.6) is 0 Å². The van der Waals surface area contributed by atoms with Gasteiger partial charge in [0.15, 0.2) is 0 Å². The summed E-state index contributed by atoms with van der Waals surface area (Å²) in [6.45, 7) is 5.59. The average Bonchev–Trinajstić information content (AvgIpc) is 2.74. The molecule has 3 nitrogen and oxygen atoms in total. The minimum absolute atomic E-state index is 0.657. The molecule has 78 valence electrons. The molecule has 0 radical (unpaired) electrons. The van der Waals surface area contributed by atoms with Crippen LogP contribution in [-0.2, 0) is 6.54 Å². The van der Waals surface area contributed by atoms with Crippen molar-refractivity contribution in [2.45, 2.75) is 52.0 Å². The van der Waals surface area contributed by atoms with Gasteiger partial charge in [0.25, 0.3) is 0 Å². The molecule has 0 spiro atoms. The zero-order valence-electron chi connectivity index (χ0n) is 9.11. The Kier molecular flexibility index (Phi) is 2.85. The first-order valence-electron chi connectivity index (χ1n) is 5.70. The fourth-order valence-electron chi connectivity index (χ4n) is 2.49. The van der Waals surface area contributed by atoms with Gasteiger partial charge in [0.05, 0.1) is 0 Å².